The van der Waals surface area contributed by atoms with Gasteiger partial charge in [0.25, 0.3) is 0 Å². The molecule has 1 aromatic heterocycles. The summed E-state index contributed by atoms with van der Waals surface area (Å²) in [5.74, 6) is 1.21. The van der Waals surface area contributed by atoms with Gasteiger partial charge < -0.3 is 9.84 Å². The summed E-state index contributed by atoms with van der Waals surface area (Å²) < 4.78 is 42.6. The summed E-state index contributed by atoms with van der Waals surface area (Å²) in [5, 5.41) is 6.69. The maximum atomic E-state index is 12.5. The zero-order valence-corrected chi connectivity index (χ0v) is 11.4. The Morgan fingerprint density at radius 2 is 2.15 bits per heavy atom. The third-order valence-corrected chi connectivity index (χ3v) is 3.39. The standard InChI is InChI=1S/C12H19F3N4O/c1-16-5-6-19(8-12(13,14)15)7-10-17-11(18-20-10)9-3-2-4-9/h9,16H,2-8H2,1H3. The van der Waals surface area contributed by atoms with Gasteiger partial charge in [0.2, 0.25) is 5.89 Å². The molecule has 20 heavy (non-hydrogen) atoms. The van der Waals surface area contributed by atoms with Crippen LogP contribution in [-0.4, -0.2) is 47.9 Å². The fourth-order valence-electron chi connectivity index (χ4n) is 2.09. The first kappa shape index (κ1) is 15.2. The van der Waals surface area contributed by atoms with E-state index in [-0.39, 0.29) is 19.0 Å². The summed E-state index contributed by atoms with van der Waals surface area (Å²) in [6, 6.07) is 0. The monoisotopic (exact) mass is 292 g/mol. The molecule has 1 N–H and O–H groups in total. The van der Waals surface area contributed by atoms with Crippen LogP contribution in [0.3, 0.4) is 0 Å². The number of hydrogen-bond donors (Lipinski definition) is 1. The van der Waals surface area contributed by atoms with E-state index in [1.807, 2.05) is 0 Å². The molecule has 0 bridgehead atoms. The van der Waals surface area contributed by atoms with Crippen LogP contribution in [0.4, 0.5) is 13.2 Å². The molecule has 0 amide bonds. The van der Waals surface area contributed by atoms with Crippen molar-refractivity contribution < 1.29 is 17.7 Å². The molecule has 1 aliphatic rings. The smallest absolute Gasteiger partial charge is 0.338 e. The van der Waals surface area contributed by atoms with Crippen LogP contribution in [0, 0.1) is 0 Å². The molecular formula is C12H19F3N4O. The molecule has 1 aromatic rings. The molecule has 0 radical (unpaired) electrons. The van der Waals surface area contributed by atoms with Crippen molar-refractivity contribution in [3.63, 3.8) is 0 Å². The second-order valence-corrected chi connectivity index (χ2v) is 5.10. The molecule has 0 atom stereocenters. The van der Waals surface area contributed by atoms with Gasteiger partial charge in [-0.15, -0.1) is 0 Å². The van der Waals surface area contributed by atoms with Crippen molar-refractivity contribution in [3.8, 4) is 0 Å². The minimum Gasteiger partial charge on any atom is -0.338 e. The molecule has 1 heterocycles. The van der Waals surface area contributed by atoms with Crippen molar-refractivity contribution in [2.75, 3.05) is 26.7 Å². The molecule has 5 nitrogen and oxygen atoms in total. The van der Waals surface area contributed by atoms with Gasteiger partial charge in [0.05, 0.1) is 13.1 Å². The average molecular weight is 292 g/mol. The van der Waals surface area contributed by atoms with E-state index >= 15 is 0 Å². The minimum absolute atomic E-state index is 0.0287. The van der Waals surface area contributed by atoms with E-state index in [4.69, 9.17) is 4.52 Å². The highest BCUT2D eigenvalue weighted by atomic mass is 19.4. The average Bonchev–Trinajstić information content (AvgIpc) is 2.69. The normalized spacial score (nSPS) is 16.6. The van der Waals surface area contributed by atoms with Gasteiger partial charge in [-0.1, -0.05) is 11.6 Å². The van der Waals surface area contributed by atoms with E-state index in [2.05, 4.69) is 15.5 Å². The van der Waals surface area contributed by atoms with Gasteiger partial charge in [-0.2, -0.15) is 18.2 Å². The number of halogens is 3. The fraction of sp³-hybridized carbons (Fsp3) is 0.833. The zero-order valence-electron chi connectivity index (χ0n) is 11.4. The molecule has 0 unspecified atom stereocenters. The summed E-state index contributed by atoms with van der Waals surface area (Å²) >= 11 is 0. The van der Waals surface area contributed by atoms with Crippen LogP contribution >= 0.6 is 0 Å². The predicted octanol–water partition coefficient (Wildman–Crippen LogP) is 1.92. The van der Waals surface area contributed by atoms with Crippen molar-refractivity contribution >= 4 is 0 Å². The Balaban J connectivity index is 1.93. The molecule has 1 aliphatic carbocycles. The number of nitrogens with one attached hydrogen (secondary N) is 1. The van der Waals surface area contributed by atoms with Crippen LogP contribution in [0.25, 0.3) is 0 Å². The molecule has 0 saturated heterocycles. The largest absolute Gasteiger partial charge is 0.401 e. The Bertz CT molecular complexity index is 417. The van der Waals surface area contributed by atoms with Crippen molar-refractivity contribution in [1.82, 2.24) is 20.4 Å². The van der Waals surface area contributed by atoms with Crippen LogP contribution in [0.1, 0.15) is 36.9 Å². The molecular weight excluding hydrogens is 273 g/mol. The van der Waals surface area contributed by atoms with Gasteiger partial charge in [0.15, 0.2) is 5.82 Å². The van der Waals surface area contributed by atoms with Crippen molar-refractivity contribution in [1.29, 1.82) is 0 Å². The molecule has 1 fully saturated rings. The number of rotatable bonds is 7. The minimum atomic E-state index is -4.23. The summed E-state index contributed by atoms with van der Waals surface area (Å²) in [7, 11) is 1.70. The molecule has 1 saturated carbocycles. The van der Waals surface area contributed by atoms with Gasteiger partial charge in [-0.05, 0) is 19.9 Å². The first-order valence-corrected chi connectivity index (χ1v) is 6.74. The topological polar surface area (TPSA) is 54.2 Å². The highest BCUT2D eigenvalue weighted by Gasteiger charge is 2.31. The van der Waals surface area contributed by atoms with E-state index in [9.17, 15) is 13.2 Å². The molecule has 0 aliphatic heterocycles. The Kier molecular flexibility index (Phi) is 4.98. The number of hydrogen-bond acceptors (Lipinski definition) is 5. The molecule has 2 rings (SSSR count). The molecule has 114 valence electrons. The fourth-order valence-corrected chi connectivity index (χ4v) is 2.09. The first-order chi connectivity index (χ1) is 9.48. The van der Waals surface area contributed by atoms with Crippen molar-refractivity contribution in [2.24, 2.45) is 0 Å². The highest BCUT2D eigenvalue weighted by molar-refractivity contribution is 4.99. The summed E-state index contributed by atoms with van der Waals surface area (Å²) in [6.07, 6.45) is -1.02. The van der Waals surface area contributed by atoms with Gasteiger partial charge in [0.1, 0.15) is 0 Å². The van der Waals surface area contributed by atoms with Crippen molar-refractivity contribution in [3.05, 3.63) is 11.7 Å². The van der Waals surface area contributed by atoms with Crippen LogP contribution in [-0.2, 0) is 6.54 Å². The number of aromatic nitrogens is 2. The van der Waals surface area contributed by atoms with Crippen LogP contribution < -0.4 is 5.32 Å². The predicted molar refractivity (Wildman–Crippen MR) is 66.1 cm³/mol. The number of likely N-dealkylation sites (N-methyl/N-ethyl adjacent to an activating group) is 1. The Hall–Kier alpha value is -1.15. The van der Waals surface area contributed by atoms with Gasteiger partial charge in [-0.25, -0.2) is 0 Å². The second-order valence-electron chi connectivity index (χ2n) is 5.10. The van der Waals surface area contributed by atoms with E-state index < -0.39 is 12.7 Å². The van der Waals surface area contributed by atoms with Crippen LogP contribution in [0.5, 0.6) is 0 Å². The lowest BCUT2D eigenvalue weighted by atomic mass is 9.85. The highest BCUT2D eigenvalue weighted by Crippen LogP contribution is 2.34. The molecule has 0 aromatic carbocycles. The van der Waals surface area contributed by atoms with Crippen LogP contribution in [0.15, 0.2) is 4.52 Å². The van der Waals surface area contributed by atoms with Crippen molar-refractivity contribution in [2.45, 2.75) is 37.9 Å². The number of alkyl halides is 3. The number of nitrogens with zero attached hydrogens (tertiary/aromatic N) is 3. The van der Waals surface area contributed by atoms with E-state index in [1.165, 1.54) is 4.90 Å². The molecule has 8 heteroatoms. The molecule has 0 spiro atoms. The zero-order chi connectivity index (χ0) is 14.6. The summed E-state index contributed by atoms with van der Waals surface area (Å²) in [6.45, 7) is -0.201. The Labute approximate surface area is 115 Å². The summed E-state index contributed by atoms with van der Waals surface area (Å²) in [4.78, 5) is 5.46. The lowest BCUT2D eigenvalue weighted by molar-refractivity contribution is -0.147. The van der Waals surface area contributed by atoms with E-state index in [1.54, 1.807) is 7.05 Å². The Morgan fingerprint density at radius 3 is 2.70 bits per heavy atom. The van der Waals surface area contributed by atoms with Gasteiger partial charge in [0, 0.05) is 19.0 Å². The third kappa shape index (κ3) is 4.45. The maximum absolute atomic E-state index is 12.5. The lowest BCUT2D eigenvalue weighted by Crippen LogP contribution is -2.37. The van der Waals surface area contributed by atoms with E-state index in [0.29, 0.717) is 18.3 Å². The van der Waals surface area contributed by atoms with Crippen LogP contribution in [0.2, 0.25) is 0 Å². The summed E-state index contributed by atoms with van der Waals surface area (Å²) in [5.41, 5.74) is 0. The first-order valence-electron chi connectivity index (χ1n) is 6.74. The quantitative estimate of drug-likeness (QED) is 0.832. The van der Waals surface area contributed by atoms with Gasteiger partial charge >= 0.3 is 6.18 Å². The van der Waals surface area contributed by atoms with E-state index in [0.717, 1.165) is 19.3 Å². The SMILES string of the molecule is CNCCN(Cc1nc(C2CCC2)no1)CC(F)(F)F. The lowest BCUT2D eigenvalue weighted by Gasteiger charge is -2.22. The van der Waals surface area contributed by atoms with Gasteiger partial charge in [-0.3, -0.25) is 4.90 Å². The Morgan fingerprint density at radius 1 is 1.40 bits per heavy atom. The maximum Gasteiger partial charge on any atom is 0.401 e. The second kappa shape index (κ2) is 6.53. The third-order valence-electron chi connectivity index (χ3n) is 3.39.